The van der Waals surface area contributed by atoms with Gasteiger partial charge in [-0.05, 0) is 43.9 Å². The van der Waals surface area contributed by atoms with Crippen LogP contribution in [0.2, 0.25) is 0 Å². The van der Waals surface area contributed by atoms with Crippen LogP contribution in [0.4, 0.5) is 5.69 Å². The van der Waals surface area contributed by atoms with Crippen LogP contribution in [0.5, 0.6) is 5.75 Å². The average Bonchev–Trinajstić information content (AvgIpc) is 2.88. The monoisotopic (exact) mass is 565 g/mol. The number of amides is 1. The van der Waals surface area contributed by atoms with Gasteiger partial charge in [0.15, 0.2) is 12.2 Å². The number of carboxylic acids is 1. The fraction of sp³-hybridized carbons (Fsp3) is 0.607. The number of benzene rings is 1. The molecular formula is C28H39NO11. The lowest BCUT2D eigenvalue weighted by Gasteiger charge is -2.40. The van der Waals surface area contributed by atoms with Gasteiger partial charge < -0.3 is 34.1 Å². The van der Waals surface area contributed by atoms with Crippen molar-refractivity contribution >= 4 is 35.5 Å². The summed E-state index contributed by atoms with van der Waals surface area (Å²) < 4.78 is 28.4. The maximum Gasteiger partial charge on any atom is 0.339 e. The van der Waals surface area contributed by atoms with Gasteiger partial charge in [0.05, 0.1) is 6.61 Å². The summed E-state index contributed by atoms with van der Waals surface area (Å²) >= 11 is 0. The number of carbonyl (C=O) groups excluding carboxylic acids is 4. The smallest absolute Gasteiger partial charge is 0.339 e. The second-order valence-electron chi connectivity index (χ2n) is 9.32. The van der Waals surface area contributed by atoms with Gasteiger partial charge in [-0.2, -0.15) is 0 Å². The number of carboxylic acid groups (broad SMARTS) is 1. The number of esters is 3. The summed E-state index contributed by atoms with van der Waals surface area (Å²) in [6, 6.07) is 4.04. The van der Waals surface area contributed by atoms with Crippen LogP contribution in [0.1, 0.15) is 89.4 Å². The first-order valence-corrected chi connectivity index (χ1v) is 13.7. The van der Waals surface area contributed by atoms with Crippen LogP contribution in [-0.4, -0.2) is 66.1 Å². The zero-order valence-electron chi connectivity index (χ0n) is 23.4. The van der Waals surface area contributed by atoms with Gasteiger partial charge in [0.25, 0.3) is 0 Å². The number of anilines is 1. The van der Waals surface area contributed by atoms with Crippen molar-refractivity contribution in [1.82, 2.24) is 0 Å². The largest absolute Gasteiger partial charge is 0.478 e. The normalized spacial score (nSPS) is 20.2. The molecule has 0 saturated carbocycles. The van der Waals surface area contributed by atoms with Gasteiger partial charge in [0, 0.05) is 31.4 Å². The fourth-order valence-corrected chi connectivity index (χ4v) is 3.93. The molecule has 12 nitrogen and oxygen atoms in total. The van der Waals surface area contributed by atoms with Crippen LogP contribution < -0.4 is 10.1 Å². The van der Waals surface area contributed by atoms with Crippen LogP contribution in [0.25, 0.3) is 0 Å². The molecule has 1 aliphatic heterocycles. The Bertz CT molecular complexity index is 1040. The molecule has 0 spiro atoms. The lowest BCUT2D eigenvalue weighted by molar-refractivity contribution is -0.261. The topological polar surface area (TPSA) is 164 Å². The summed E-state index contributed by atoms with van der Waals surface area (Å²) in [5.41, 5.74) is -0.0273. The third-order valence-electron chi connectivity index (χ3n) is 5.78. The first-order chi connectivity index (χ1) is 19.1. The molecule has 0 aliphatic carbocycles. The molecule has 1 heterocycles. The van der Waals surface area contributed by atoms with E-state index in [2.05, 4.69) is 5.32 Å². The first kappa shape index (κ1) is 32.5. The highest BCUT2D eigenvalue weighted by molar-refractivity contribution is 5.95. The molecule has 40 heavy (non-hydrogen) atoms. The van der Waals surface area contributed by atoms with Crippen molar-refractivity contribution in [2.45, 2.75) is 104 Å². The van der Waals surface area contributed by atoms with E-state index >= 15 is 0 Å². The van der Waals surface area contributed by atoms with Crippen molar-refractivity contribution in [2.24, 2.45) is 0 Å². The minimum Gasteiger partial charge on any atom is -0.478 e. The predicted molar refractivity (Wildman–Crippen MR) is 142 cm³/mol. The second-order valence-corrected chi connectivity index (χ2v) is 9.32. The summed E-state index contributed by atoms with van der Waals surface area (Å²) in [5.74, 6) is -3.52. The zero-order chi connectivity index (χ0) is 29.7. The summed E-state index contributed by atoms with van der Waals surface area (Å²) in [7, 11) is 0. The number of nitrogens with one attached hydrogen (secondary N) is 1. The van der Waals surface area contributed by atoms with E-state index in [0.29, 0.717) is 25.7 Å². The molecule has 1 amide bonds. The molecule has 2 N–H and O–H groups in total. The van der Waals surface area contributed by atoms with Crippen molar-refractivity contribution in [1.29, 1.82) is 0 Å². The highest BCUT2D eigenvalue weighted by atomic mass is 16.7. The van der Waals surface area contributed by atoms with Gasteiger partial charge in [0.1, 0.15) is 11.3 Å². The maximum atomic E-state index is 12.6. The Hall–Kier alpha value is -3.67. The summed E-state index contributed by atoms with van der Waals surface area (Å²) in [5, 5.41) is 12.4. The molecule has 12 heteroatoms. The molecule has 0 bridgehead atoms. The molecular weight excluding hydrogens is 526 g/mol. The fourth-order valence-electron chi connectivity index (χ4n) is 3.93. The second kappa shape index (κ2) is 16.4. The lowest BCUT2D eigenvalue weighted by Crippen LogP contribution is -2.59. The molecule has 1 aromatic carbocycles. The van der Waals surface area contributed by atoms with E-state index in [1.165, 1.54) is 18.2 Å². The molecule has 1 aliphatic rings. The Morgan fingerprint density at radius 3 is 1.93 bits per heavy atom. The molecule has 4 atom stereocenters. The van der Waals surface area contributed by atoms with Crippen molar-refractivity contribution in [3.05, 3.63) is 23.8 Å². The van der Waals surface area contributed by atoms with E-state index in [1.54, 1.807) is 20.8 Å². The Kier molecular flexibility index (Phi) is 13.4. The molecule has 0 aromatic heterocycles. The number of rotatable bonds is 15. The number of carbonyl (C=O) groups is 5. The summed E-state index contributed by atoms with van der Waals surface area (Å²) in [4.78, 5) is 61.4. The van der Waals surface area contributed by atoms with Crippen LogP contribution in [-0.2, 0) is 38.1 Å². The Balaban J connectivity index is 2.42. The standard InChI is InChI=1S/C28H39NO11/c1-5-9-21(30)29-17-13-14-19(18(15-17)27(34)35)38-28-26(40-24(33)12-8-4)25(39-23(32)11-7-3)20(16-36-28)37-22(31)10-6-2/h13-15,20,25-26,28H,5-12,16H2,1-4H3,(H,29,30)(H,34,35)/t20-,25+,26-,28+/m1/s1. The first-order valence-electron chi connectivity index (χ1n) is 13.7. The van der Waals surface area contributed by atoms with Crippen LogP contribution in [0.3, 0.4) is 0 Å². The van der Waals surface area contributed by atoms with Gasteiger partial charge in [0.2, 0.25) is 18.3 Å². The van der Waals surface area contributed by atoms with Crippen molar-refractivity contribution in [3.8, 4) is 5.75 Å². The number of hydrogen-bond acceptors (Lipinski definition) is 10. The minimum absolute atomic E-state index is 0.0473. The molecule has 2 rings (SSSR count). The average molecular weight is 566 g/mol. The summed E-state index contributed by atoms with van der Waals surface area (Å²) in [6.45, 7) is 6.95. The van der Waals surface area contributed by atoms with Crippen LogP contribution in [0, 0.1) is 0 Å². The molecule has 1 fully saturated rings. The van der Waals surface area contributed by atoms with E-state index in [1.807, 2.05) is 6.92 Å². The van der Waals surface area contributed by atoms with Crippen LogP contribution in [0.15, 0.2) is 18.2 Å². The van der Waals surface area contributed by atoms with E-state index in [0.717, 1.165) is 0 Å². The third kappa shape index (κ3) is 9.82. The number of hydrogen-bond donors (Lipinski definition) is 2. The highest BCUT2D eigenvalue weighted by Gasteiger charge is 2.49. The molecule has 0 radical (unpaired) electrons. The number of ether oxygens (including phenoxy) is 5. The lowest BCUT2D eigenvalue weighted by atomic mass is 10.0. The maximum absolute atomic E-state index is 12.6. The van der Waals surface area contributed by atoms with Crippen LogP contribution >= 0.6 is 0 Å². The van der Waals surface area contributed by atoms with Gasteiger partial charge >= 0.3 is 23.9 Å². The van der Waals surface area contributed by atoms with E-state index in [-0.39, 0.29) is 55.2 Å². The van der Waals surface area contributed by atoms with Crippen molar-refractivity contribution in [2.75, 3.05) is 11.9 Å². The molecule has 1 aromatic rings. The highest BCUT2D eigenvalue weighted by Crippen LogP contribution is 2.30. The van der Waals surface area contributed by atoms with Crippen molar-refractivity contribution < 1.29 is 52.8 Å². The Morgan fingerprint density at radius 1 is 0.825 bits per heavy atom. The Labute approximate surface area is 233 Å². The third-order valence-corrected chi connectivity index (χ3v) is 5.78. The van der Waals surface area contributed by atoms with Gasteiger partial charge in [-0.3, -0.25) is 19.2 Å². The van der Waals surface area contributed by atoms with Gasteiger partial charge in [-0.1, -0.05) is 27.7 Å². The van der Waals surface area contributed by atoms with E-state index in [4.69, 9.17) is 23.7 Å². The quantitative estimate of drug-likeness (QED) is 0.233. The predicted octanol–water partition coefficient (Wildman–Crippen LogP) is 3.99. The van der Waals surface area contributed by atoms with Gasteiger partial charge in [-0.25, -0.2) is 4.79 Å². The van der Waals surface area contributed by atoms with Crippen molar-refractivity contribution in [3.63, 3.8) is 0 Å². The minimum atomic E-state index is -1.40. The Morgan fingerprint density at radius 2 is 1.38 bits per heavy atom. The molecule has 1 saturated heterocycles. The molecule has 0 unspecified atom stereocenters. The van der Waals surface area contributed by atoms with E-state index in [9.17, 15) is 29.1 Å². The van der Waals surface area contributed by atoms with E-state index < -0.39 is 48.5 Å². The summed E-state index contributed by atoms with van der Waals surface area (Å²) in [6.07, 6.45) is -2.51. The van der Waals surface area contributed by atoms with Gasteiger partial charge in [-0.15, -0.1) is 0 Å². The SMILES string of the molecule is CCCC(=O)Nc1ccc(O[C@@H]2OC[C@@H](OC(=O)CCC)[C@H](OC(=O)CCC)[C@H]2OC(=O)CCC)c(C(=O)O)c1. The zero-order valence-corrected chi connectivity index (χ0v) is 23.4. The number of aromatic carboxylic acids is 1. The molecule has 222 valence electrons.